The molecule has 10 amide bonds. The Labute approximate surface area is 541 Å². The van der Waals surface area contributed by atoms with Gasteiger partial charge in [0.15, 0.2) is 24.3 Å². The number of nitrogens with two attached hydrogens (primary N) is 6. The van der Waals surface area contributed by atoms with E-state index < -0.39 is 232 Å². The van der Waals surface area contributed by atoms with E-state index in [0.717, 1.165) is 12.4 Å². The SMILES string of the molecule is CC(C)C[C@H](NC(=O)[C@H](CCC(=O)O)NC(=O)[C@H](CCC(=O)O)NC(=O)[C@H](CCCN=C(N)N)NC(=O)[C@@H](N)CCCN=C(N)N)C(=O)N[C@@H](CCC(N)=O)C(=O)N[C@@H](CC(=O)O)C(=O)N[C@@H](CC(=O)O)C(=O)N[C@@H](Cc1cc[n+]([O-])cc1)C(=O)N[C@@H](CCC(=O)O)C(=O)O. The Bertz CT molecular complexity index is 2960. The zero-order valence-electron chi connectivity index (χ0n) is 51.8. The summed E-state index contributed by atoms with van der Waals surface area (Å²) in [6, 6.07) is -16.0. The maximum atomic E-state index is 14.3. The molecule has 1 rings (SSSR count). The van der Waals surface area contributed by atoms with Crippen molar-refractivity contribution in [1.29, 1.82) is 0 Å². The number of carbonyl (C=O) groups is 16. The largest absolute Gasteiger partial charge is 0.619 e. The number of carboxylic acids is 6. The van der Waals surface area contributed by atoms with Gasteiger partial charge in [0.25, 0.3) is 0 Å². The summed E-state index contributed by atoms with van der Waals surface area (Å²) in [5, 5.41) is 89.1. The molecule has 0 radical (unpaired) electrons. The molecule has 0 fully saturated rings. The number of nitrogens with zero attached hydrogens (tertiary/aromatic N) is 3. The van der Waals surface area contributed by atoms with Gasteiger partial charge in [-0.2, -0.15) is 4.73 Å². The van der Waals surface area contributed by atoms with Crippen molar-refractivity contribution >= 4 is 107 Å². The number of carboxylic acid groups (broad SMARTS) is 6. The van der Waals surface area contributed by atoms with Gasteiger partial charge >= 0.3 is 35.8 Å². The summed E-state index contributed by atoms with van der Waals surface area (Å²) in [6.45, 7) is 3.15. The van der Waals surface area contributed by atoms with Crippen LogP contribution in [0.4, 0.5) is 0 Å². The third kappa shape index (κ3) is 34.8. The fourth-order valence-corrected chi connectivity index (χ4v) is 8.53. The van der Waals surface area contributed by atoms with Crippen molar-refractivity contribution in [2.45, 2.75) is 177 Å². The normalized spacial score (nSPS) is 14.0. The van der Waals surface area contributed by atoms with E-state index in [4.69, 9.17) is 39.5 Å². The molecule has 95 heavy (non-hydrogen) atoms. The molecular weight excluding hydrogens is 1270 g/mol. The first-order valence-corrected chi connectivity index (χ1v) is 29.3. The minimum absolute atomic E-state index is 0.0298. The van der Waals surface area contributed by atoms with Gasteiger partial charge in [0, 0.05) is 57.3 Å². The van der Waals surface area contributed by atoms with E-state index in [-0.39, 0.29) is 62.7 Å². The summed E-state index contributed by atoms with van der Waals surface area (Å²) < 4.78 is 0.341. The van der Waals surface area contributed by atoms with E-state index in [2.05, 4.69) is 47.2 Å². The average Bonchev–Trinajstić information content (AvgIpc) is 0.965. The molecule has 1 aromatic heterocycles. The highest BCUT2D eigenvalue weighted by Gasteiger charge is 2.37. The minimum atomic E-state index is -2.28. The Morgan fingerprint density at radius 2 is 0.737 bits per heavy atom. The number of amides is 10. The lowest BCUT2D eigenvalue weighted by atomic mass is 10.0. The van der Waals surface area contributed by atoms with Crippen LogP contribution in [0.25, 0.3) is 0 Å². The van der Waals surface area contributed by atoms with Crippen LogP contribution in [0.2, 0.25) is 0 Å². The molecule has 0 bridgehead atoms. The Hall–Kier alpha value is -11.0. The van der Waals surface area contributed by atoms with Crippen LogP contribution in [0.3, 0.4) is 0 Å². The van der Waals surface area contributed by atoms with Crippen LogP contribution in [-0.2, 0) is 83.1 Å². The molecule has 1 aromatic rings. The molecule has 27 N–H and O–H groups in total. The van der Waals surface area contributed by atoms with Crippen molar-refractivity contribution in [3.63, 3.8) is 0 Å². The molecule has 0 spiro atoms. The summed E-state index contributed by atoms with van der Waals surface area (Å²) >= 11 is 0. The second-order valence-electron chi connectivity index (χ2n) is 21.8. The van der Waals surface area contributed by atoms with E-state index >= 15 is 0 Å². The first kappa shape index (κ1) is 82.0. The third-order valence-electron chi connectivity index (χ3n) is 13.3. The van der Waals surface area contributed by atoms with Gasteiger partial charge in [-0.25, -0.2) is 4.79 Å². The summed E-state index contributed by atoms with van der Waals surface area (Å²) in [6.07, 6.45) is -7.29. The fourth-order valence-electron chi connectivity index (χ4n) is 8.53. The number of aromatic nitrogens is 1. The lowest BCUT2D eigenvalue weighted by molar-refractivity contribution is -0.605. The van der Waals surface area contributed by atoms with E-state index in [1.807, 2.05) is 10.6 Å². The van der Waals surface area contributed by atoms with Crippen molar-refractivity contribution in [3.05, 3.63) is 35.3 Å². The predicted octanol–water partition coefficient (Wildman–Crippen LogP) is -8.40. The van der Waals surface area contributed by atoms with Crippen molar-refractivity contribution in [2.75, 3.05) is 13.1 Å². The highest BCUT2D eigenvalue weighted by molar-refractivity contribution is 6.00. The van der Waals surface area contributed by atoms with Crippen LogP contribution >= 0.6 is 0 Å². The van der Waals surface area contributed by atoms with E-state index in [1.165, 1.54) is 12.1 Å². The maximum Gasteiger partial charge on any atom is 0.326 e. The Balaban J connectivity index is 3.69. The molecule has 0 saturated carbocycles. The second-order valence-corrected chi connectivity index (χ2v) is 21.8. The molecule has 0 aliphatic rings. The minimum Gasteiger partial charge on any atom is -0.619 e. The van der Waals surface area contributed by atoms with E-state index in [0.29, 0.717) is 4.73 Å². The smallest absolute Gasteiger partial charge is 0.326 e. The summed E-state index contributed by atoms with van der Waals surface area (Å²) in [5.74, 6) is -23.3. The van der Waals surface area contributed by atoms with Crippen LogP contribution in [0.15, 0.2) is 34.5 Å². The molecular formula is C54H84N18O23. The summed E-state index contributed by atoms with van der Waals surface area (Å²) in [5.41, 5.74) is 33.0. The molecule has 0 aliphatic heterocycles. The molecule has 0 unspecified atom stereocenters. The number of aliphatic imine (C=N–C) groups is 2. The number of hydrogen-bond donors (Lipinski definition) is 21. The first-order valence-electron chi connectivity index (χ1n) is 29.3. The number of aliphatic carboxylic acids is 6. The van der Waals surface area contributed by atoms with Gasteiger partial charge in [-0.15, -0.1) is 0 Å². The third-order valence-corrected chi connectivity index (χ3v) is 13.3. The number of nitrogens with one attached hydrogen (secondary N) is 9. The van der Waals surface area contributed by atoms with Gasteiger partial charge in [0.1, 0.15) is 54.4 Å². The molecule has 10 atom stereocenters. The van der Waals surface area contributed by atoms with E-state index in [9.17, 15) is 107 Å². The molecule has 528 valence electrons. The highest BCUT2D eigenvalue weighted by atomic mass is 16.5. The number of pyridine rings is 1. The average molecular weight is 1350 g/mol. The molecule has 0 saturated heterocycles. The Kier molecular flexibility index (Phi) is 36.4. The Morgan fingerprint density at radius 1 is 0.421 bits per heavy atom. The van der Waals surface area contributed by atoms with Gasteiger partial charge in [-0.1, -0.05) is 13.8 Å². The molecule has 0 aromatic carbocycles. The van der Waals surface area contributed by atoms with Crippen molar-refractivity contribution in [3.8, 4) is 0 Å². The number of primary amides is 1. The van der Waals surface area contributed by atoms with Crippen LogP contribution in [0.1, 0.15) is 116 Å². The van der Waals surface area contributed by atoms with Crippen LogP contribution in [-0.4, -0.2) is 211 Å². The lowest BCUT2D eigenvalue weighted by Crippen LogP contribution is -2.61. The van der Waals surface area contributed by atoms with Gasteiger partial charge in [0.05, 0.1) is 18.9 Å². The number of carbonyl (C=O) groups excluding carboxylic acids is 10. The number of rotatable bonds is 47. The standard InChI is InChI=1S/C54H84N18O23/c1-25(2)21-33(68-47(88)31(9-13-39(76)77)65-45(86)30(8-12-38(74)75)64-44(85)28(6-4-18-62-54(59)60)63-43(84)27(55)5-3-17-61-53(57)58)48(89)66-29(7-11-37(56)73)46(87)70-35(23-41(80)81)51(92)71-36(24-42(82)83)50(91)69-34(22-26-15-19-72(95)20-16-26)49(90)67-32(52(93)94)10-14-40(78)79/h15-16,19-20,25,27-36H,3-14,17-18,21-24,55H2,1-2H3,(H2,56,73)(H,63,84)(H,64,85)(H,65,86)(H,66,89)(H,67,90)(H,68,88)(H,69,91)(H,70,87)(H,71,92)(H,74,75)(H,76,77)(H,78,79)(H,80,81)(H,82,83)(H,93,94)(H4,57,58,61)(H4,59,60,62)/t27-,28-,29-,30-,31-,32-,33-,34-,35-,36-/m0/s1. The van der Waals surface area contributed by atoms with Crippen LogP contribution in [0, 0.1) is 11.1 Å². The molecule has 0 aliphatic carbocycles. The van der Waals surface area contributed by atoms with Gasteiger partial charge in [-0.3, -0.25) is 81.9 Å². The quantitative estimate of drug-likeness (QED) is 0.00947. The van der Waals surface area contributed by atoms with Gasteiger partial charge < -0.3 is 118 Å². The number of hydrogen-bond acceptors (Lipinski definition) is 20. The van der Waals surface area contributed by atoms with Crippen molar-refractivity contribution < 1.29 is 112 Å². The van der Waals surface area contributed by atoms with E-state index in [1.54, 1.807) is 13.8 Å². The lowest BCUT2D eigenvalue weighted by Gasteiger charge is -2.28. The predicted molar refractivity (Wildman–Crippen MR) is 325 cm³/mol. The summed E-state index contributed by atoms with van der Waals surface area (Å²) in [7, 11) is 0. The topological polar surface area (TPSA) is 711 Å². The van der Waals surface area contributed by atoms with Crippen molar-refractivity contribution in [1.82, 2.24) is 47.9 Å². The highest BCUT2D eigenvalue weighted by Crippen LogP contribution is 2.13. The van der Waals surface area contributed by atoms with Crippen molar-refractivity contribution in [2.24, 2.45) is 50.3 Å². The fraction of sp³-hybridized carbons (Fsp3) is 0.574. The van der Waals surface area contributed by atoms with Gasteiger partial charge in [0.2, 0.25) is 59.1 Å². The second kappa shape index (κ2) is 42.2. The molecule has 41 nitrogen and oxygen atoms in total. The van der Waals surface area contributed by atoms with Gasteiger partial charge in [-0.05, 0) is 69.3 Å². The zero-order chi connectivity index (χ0) is 72.2. The maximum absolute atomic E-state index is 14.3. The molecule has 41 heteroatoms. The number of guanidine groups is 2. The van der Waals surface area contributed by atoms with Crippen LogP contribution < -0.4 is 87.0 Å². The molecule has 1 heterocycles. The first-order chi connectivity index (χ1) is 44.4. The summed E-state index contributed by atoms with van der Waals surface area (Å²) in [4.78, 5) is 216. The monoisotopic (exact) mass is 1350 g/mol. The van der Waals surface area contributed by atoms with Crippen LogP contribution in [0.5, 0.6) is 0 Å². The Morgan fingerprint density at radius 3 is 1.12 bits per heavy atom. The zero-order valence-corrected chi connectivity index (χ0v) is 51.8.